The highest BCUT2D eigenvalue weighted by Crippen LogP contribution is 2.00. The van der Waals surface area contributed by atoms with E-state index in [4.69, 9.17) is 16.7 Å². The molecule has 0 saturated carbocycles. The van der Waals surface area contributed by atoms with E-state index >= 15 is 0 Å². The lowest BCUT2D eigenvalue weighted by molar-refractivity contribution is 0.184. The number of aliphatic hydroxyl groups is 1. The van der Waals surface area contributed by atoms with Gasteiger partial charge in [0.1, 0.15) is 0 Å². The fraction of sp³-hybridized carbons (Fsp3) is 1.00. The summed E-state index contributed by atoms with van der Waals surface area (Å²) in [4.78, 5) is 0. The molecule has 0 fully saturated rings. The highest BCUT2D eigenvalue weighted by atomic mass is 35.5. The fourth-order valence-electron chi connectivity index (χ4n) is 0.517. The van der Waals surface area contributed by atoms with Gasteiger partial charge in [-0.1, -0.05) is 19.8 Å². The molecule has 0 radical (unpaired) electrons. The first-order valence-electron chi connectivity index (χ1n) is 3.05. The van der Waals surface area contributed by atoms with Crippen molar-refractivity contribution >= 4 is 11.6 Å². The van der Waals surface area contributed by atoms with Gasteiger partial charge in [0.05, 0.1) is 6.10 Å². The van der Waals surface area contributed by atoms with Crippen LogP contribution in [0.3, 0.4) is 0 Å². The minimum atomic E-state index is -0.281. The Morgan fingerprint density at radius 2 is 2.25 bits per heavy atom. The van der Waals surface area contributed by atoms with Crippen molar-refractivity contribution in [3.05, 3.63) is 0 Å². The second-order valence-electron chi connectivity index (χ2n) is 1.95. The minimum Gasteiger partial charge on any atom is -0.392 e. The van der Waals surface area contributed by atoms with Gasteiger partial charge in [-0.05, 0) is 6.42 Å². The van der Waals surface area contributed by atoms with Crippen LogP contribution in [0.2, 0.25) is 0 Å². The molecule has 0 aliphatic heterocycles. The molecule has 0 bridgehead atoms. The molecule has 0 heterocycles. The smallest absolute Gasteiger partial charge is 0.0675 e. The van der Waals surface area contributed by atoms with Crippen molar-refractivity contribution in [1.82, 2.24) is 0 Å². The second kappa shape index (κ2) is 5.39. The lowest BCUT2D eigenvalue weighted by Gasteiger charge is -2.02. The maximum absolute atomic E-state index is 8.86. The molecular weight excluding hydrogens is 124 g/mol. The monoisotopic (exact) mass is 136 g/mol. The minimum absolute atomic E-state index is 0.281. The normalized spacial score (nSPS) is 13.9. The van der Waals surface area contributed by atoms with Crippen molar-refractivity contribution in [2.45, 2.75) is 32.3 Å². The van der Waals surface area contributed by atoms with Crippen LogP contribution in [0.4, 0.5) is 0 Å². The van der Waals surface area contributed by atoms with Gasteiger partial charge in [0, 0.05) is 5.88 Å². The Labute approximate surface area is 55.7 Å². The number of alkyl halides is 1. The molecule has 0 aromatic heterocycles. The third-order valence-electron chi connectivity index (χ3n) is 1.07. The Hall–Kier alpha value is 0.250. The number of halogens is 1. The average molecular weight is 137 g/mol. The van der Waals surface area contributed by atoms with E-state index < -0.39 is 0 Å². The van der Waals surface area contributed by atoms with E-state index in [9.17, 15) is 0 Å². The Kier molecular flexibility index (Phi) is 5.56. The van der Waals surface area contributed by atoms with Gasteiger partial charge in [-0.25, -0.2) is 0 Å². The molecule has 0 unspecified atom stereocenters. The summed E-state index contributed by atoms with van der Waals surface area (Å²) in [6, 6.07) is 0. The Bertz CT molecular complexity index is 47.8. The summed E-state index contributed by atoms with van der Waals surface area (Å²) in [7, 11) is 0. The number of hydrogen-bond acceptors (Lipinski definition) is 1. The van der Waals surface area contributed by atoms with Crippen LogP contribution in [0.5, 0.6) is 0 Å². The maximum Gasteiger partial charge on any atom is 0.0675 e. The SMILES string of the molecule is CCCC[C@H](O)CCl. The molecule has 8 heavy (non-hydrogen) atoms. The standard InChI is InChI=1S/C6H13ClO/c1-2-3-4-6(8)5-7/h6,8H,2-5H2,1H3/t6-/m0/s1. The predicted molar refractivity (Wildman–Crippen MR) is 36.3 cm³/mol. The van der Waals surface area contributed by atoms with Crippen molar-refractivity contribution < 1.29 is 5.11 Å². The van der Waals surface area contributed by atoms with Crippen molar-refractivity contribution in [3.63, 3.8) is 0 Å². The molecule has 0 aliphatic rings. The van der Waals surface area contributed by atoms with Crippen LogP contribution >= 0.6 is 11.6 Å². The van der Waals surface area contributed by atoms with E-state index in [0.717, 1.165) is 19.3 Å². The van der Waals surface area contributed by atoms with Crippen LogP contribution in [0.25, 0.3) is 0 Å². The van der Waals surface area contributed by atoms with Crippen LogP contribution in [0.15, 0.2) is 0 Å². The molecule has 50 valence electrons. The van der Waals surface area contributed by atoms with Crippen LogP contribution < -0.4 is 0 Å². The average Bonchev–Trinajstić information content (AvgIpc) is 1.83. The highest BCUT2D eigenvalue weighted by molar-refractivity contribution is 6.18. The molecule has 0 spiro atoms. The number of hydrogen-bond donors (Lipinski definition) is 1. The van der Waals surface area contributed by atoms with Gasteiger partial charge in [0.15, 0.2) is 0 Å². The van der Waals surface area contributed by atoms with Crippen LogP contribution in [0, 0.1) is 0 Å². The quantitative estimate of drug-likeness (QED) is 0.585. The van der Waals surface area contributed by atoms with E-state index in [2.05, 4.69) is 6.92 Å². The maximum atomic E-state index is 8.86. The van der Waals surface area contributed by atoms with Gasteiger partial charge in [0.25, 0.3) is 0 Å². The first-order chi connectivity index (χ1) is 3.81. The Morgan fingerprint density at radius 1 is 1.62 bits per heavy atom. The molecule has 1 N–H and O–H groups in total. The number of aliphatic hydroxyl groups excluding tert-OH is 1. The third-order valence-corrected chi connectivity index (χ3v) is 1.43. The summed E-state index contributed by atoms with van der Waals surface area (Å²) in [5, 5.41) is 8.86. The topological polar surface area (TPSA) is 20.2 Å². The summed E-state index contributed by atoms with van der Waals surface area (Å²) >= 11 is 5.34. The molecule has 0 amide bonds. The largest absolute Gasteiger partial charge is 0.392 e. The first-order valence-corrected chi connectivity index (χ1v) is 3.58. The molecule has 0 aliphatic carbocycles. The molecule has 0 aromatic rings. The van der Waals surface area contributed by atoms with Crippen molar-refractivity contribution in [2.75, 3.05) is 5.88 Å². The molecule has 2 heteroatoms. The van der Waals surface area contributed by atoms with E-state index in [1.54, 1.807) is 0 Å². The Morgan fingerprint density at radius 3 is 2.62 bits per heavy atom. The van der Waals surface area contributed by atoms with Gasteiger partial charge >= 0.3 is 0 Å². The van der Waals surface area contributed by atoms with E-state index in [1.165, 1.54) is 0 Å². The predicted octanol–water partition coefficient (Wildman–Crippen LogP) is 1.78. The summed E-state index contributed by atoms with van der Waals surface area (Å²) < 4.78 is 0. The molecule has 1 nitrogen and oxygen atoms in total. The second-order valence-corrected chi connectivity index (χ2v) is 2.26. The van der Waals surface area contributed by atoms with E-state index in [-0.39, 0.29) is 6.10 Å². The summed E-state index contributed by atoms with van der Waals surface area (Å²) in [6.45, 7) is 2.10. The lowest BCUT2D eigenvalue weighted by Crippen LogP contribution is -2.06. The fourth-order valence-corrected chi connectivity index (χ4v) is 0.671. The molecule has 0 rings (SSSR count). The van der Waals surface area contributed by atoms with Gasteiger partial charge in [-0.2, -0.15) is 0 Å². The van der Waals surface area contributed by atoms with E-state index in [0.29, 0.717) is 5.88 Å². The zero-order valence-electron chi connectivity index (χ0n) is 5.23. The molecule has 0 saturated heterocycles. The van der Waals surface area contributed by atoms with Crippen LogP contribution in [0.1, 0.15) is 26.2 Å². The van der Waals surface area contributed by atoms with Crippen LogP contribution in [-0.4, -0.2) is 17.1 Å². The van der Waals surface area contributed by atoms with Crippen molar-refractivity contribution in [1.29, 1.82) is 0 Å². The summed E-state index contributed by atoms with van der Waals surface area (Å²) in [6.07, 6.45) is 2.78. The summed E-state index contributed by atoms with van der Waals surface area (Å²) in [5.41, 5.74) is 0. The molecular formula is C6H13ClO. The Balaban J connectivity index is 2.86. The molecule has 1 atom stereocenters. The first kappa shape index (κ1) is 8.25. The molecule has 0 aromatic carbocycles. The number of rotatable bonds is 4. The highest BCUT2D eigenvalue weighted by Gasteiger charge is 1.97. The van der Waals surface area contributed by atoms with E-state index in [1.807, 2.05) is 0 Å². The van der Waals surface area contributed by atoms with Crippen molar-refractivity contribution in [2.24, 2.45) is 0 Å². The lowest BCUT2D eigenvalue weighted by atomic mass is 10.2. The van der Waals surface area contributed by atoms with Crippen molar-refractivity contribution in [3.8, 4) is 0 Å². The van der Waals surface area contributed by atoms with Gasteiger partial charge in [-0.3, -0.25) is 0 Å². The zero-order chi connectivity index (χ0) is 6.41. The van der Waals surface area contributed by atoms with Crippen LogP contribution in [-0.2, 0) is 0 Å². The summed E-state index contributed by atoms with van der Waals surface area (Å²) in [5.74, 6) is 0.375. The third kappa shape index (κ3) is 4.41. The van der Waals surface area contributed by atoms with Gasteiger partial charge in [0.2, 0.25) is 0 Å². The van der Waals surface area contributed by atoms with Gasteiger partial charge in [-0.15, -0.1) is 11.6 Å². The number of unbranched alkanes of at least 4 members (excludes halogenated alkanes) is 1. The zero-order valence-corrected chi connectivity index (χ0v) is 5.99. The van der Waals surface area contributed by atoms with Gasteiger partial charge < -0.3 is 5.11 Å².